The summed E-state index contributed by atoms with van der Waals surface area (Å²) in [6.45, 7) is 0. The van der Waals surface area contributed by atoms with Gasteiger partial charge in [-0.1, -0.05) is 0 Å². The standard InChI is InChI=1S/C9H11N7O2S.ClH/c10-7-14-8(11)16(9(12)15-7)5-1-3-6(4-2-5)19(13,17)18;/h1-4H,(H2,13,17,18)(H5,10,11,12,14,15);1H/p-1. The number of nitrogens with zero attached hydrogens (tertiary/aromatic N) is 3. The van der Waals surface area contributed by atoms with Crippen molar-refractivity contribution in [2.45, 2.75) is 4.90 Å². The summed E-state index contributed by atoms with van der Waals surface area (Å²) in [5, 5.41) is 12.7. The zero-order chi connectivity index (χ0) is 14.2. The maximum Gasteiger partial charge on any atom is 0.238 e. The largest absolute Gasteiger partial charge is 1.00 e. The minimum Gasteiger partial charge on any atom is -1.00 e. The minimum absolute atomic E-state index is 0. The summed E-state index contributed by atoms with van der Waals surface area (Å²) in [5.41, 5.74) is 11.2. The molecule has 0 saturated heterocycles. The van der Waals surface area contributed by atoms with Crippen LogP contribution in [0.25, 0.3) is 5.69 Å². The summed E-state index contributed by atoms with van der Waals surface area (Å²) in [6, 6.07) is 5.47. The van der Waals surface area contributed by atoms with Crippen molar-refractivity contribution < 1.29 is 20.8 Å². The van der Waals surface area contributed by atoms with E-state index in [1.807, 2.05) is 0 Å². The van der Waals surface area contributed by atoms with E-state index >= 15 is 0 Å². The molecule has 0 amide bonds. The highest BCUT2D eigenvalue weighted by molar-refractivity contribution is 7.89. The number of benzene rings is 1. The minimum atomic E-state index is -3.77. The van der Waals surface area contributed by atoms with Crippen molar-refractivity contribution in [1.29, 1.82) is 5.41 Å². The van der Waals surface area contributed by atoms with Gasteiger partial charge < -0.3 is 23.9 Å². The fourth-order valence-corrected chi connectivity index (χ4v) is 2.01. The van der Waals surface area contributed by atoms with E-state index in [1.165, 1.54) is 28.8 Å². The van der Waals surface area contributed by atoms with E-state index in [0.717, 1.165) is 0 Å². The Morgan fingerprint density at radius 1 is 1.10 bits per heavy atom. The normalized spacial score (nSPS) is 10.8. The molecule has 0 radical (unpaired) electrons. The summed E-state index contributed by atoms with van der Waals surface area (Å²) in [4.78, 5) is 7.34. The molecule has 0 spiro atoms. The van der Waals surface area contributed by atoms with E-state index in [4.69, 9.17) is 22.0 Å². The van der Waals surface area contributed by atoms with Crippen LogP contribution in [0.15, 0.2) is 29.2 Å². The van der Waals surface area contributed by atoms with Crippen molar-refractivity contribution in [1.82, 2.24) is 14.5 Å². The molecule has 0 atom stereocenters. The number of halogens is 1. The van der Waals surface area contributed by atoms with Crippen LogP contribution in [0, 0.1) is 5.41 Å². The Morgan fingerprint density at radius 2 is 1.65 bits per heavy atom. The summed E-state index contributed by atoms with van der Waals surface area (Å²) in [6.07, 6.45) is 0. The summed E-state index contributed by atoms with van der Waals surface area (Å²) in [5.74, 6) is -0.138. The second-order valence-corrected chi connectivity index (χ2v) is 5.20. The number of hydrogen-bond acceptors (Lipinski definition) is 7. The van der Waals surface area contributed by atoms with Crippen LogP contribution < -0.4 is 34.6 Å². The van der Waals surface area contributed by atoms with Gasteiger partial charge in [0.25, 0.3) is 0 Å². The summed E-state index contributed by atoms with van der Waals surface area (Å²) < 4.78 is 23.5. The molecule has 9 nitrogen and oxygen atoms in total. The smallest absolute Gasteiger partial charge is 0.238 e. The molecule has 0 aliphatic carbocycles. The van der Waals surface area contributed by atoms with Crippen LogP contribution in [0.2, 0.25) is 0 Å². The Balaban J connectivity index is 0.00000200. The Labute approximate surface area is 120 Å². The van der Waals surface area contributed by atoms with Crippen molar-refractivity contribution in [3.63, 3.8) is 0 Å². The van der Waals surface area contributed by atoms with E-state index < -0.39 is 10.0 Å². The third-order valence-electron chi connectivity index (χ3n) is 2.31. The number of anilines is 2. The molecule has 108 valence electrons. The van der Waals surface area contributed by atoms with Gasteiger partial charge in [-0.3, -0.25) is 5.41 Å². The highest BCUT2D eigenvalue weighted by Crippen LogP contribution is 2.13. The van der Waals surface area contributed by atoms with E-state index in [9.17, 15) is 8.42 Å². The van der Waals surface area contributed by atoms with Crippen molar-refractivity contribution in [3.8, 4) is 5.69 Å². The molecule has 2 aromatic rings. The fraction of sp³-hybridized carbons (Fsp3) is 0. The number of sulfonamides is 1. The van der Waals surface area contributed by atoms with E-state index in [1.54, 1.807) is 0 Å². The average molecular weight is 317 g/mol. The molecule has 20 heavy (non-hydrogen) atoms. The molecule has 1 heterocycles. The Bertz CT molecular complexity index is 785. The monoisotopic (exact) mass is 316 g/mol. The molecule has 0 saturated carbocycles. The number of nitrogens with one attached hydrogen (secondary N) is 1. The second-order valence-electron chi connectivity index (χ2n) is 3.64. The Kier molecular flexibility index (Phi) is 4.33. The quantitative estimate of drug-likeness (QED) is 0.436. The molecule has 0 bridgehead atoms. The van der Waals surface area contributed by atoms with Crippen LogP contribution >= 0.6 is 0 Å². The van der Waals surface area contributed by atoms with Crippen LogP contribution in [0.1, 0.15) is 0 Å². The zero-order valence-electron chi connectivity index (χ0n) is 9.99. The van der Waals surface area contributed by atoms with Gasteiger partial charge >= 0.3 is 0 Å². The SMILES string of the molecule is N=c1nc(N)nc(N)n1-c1ccc(S(N)(=O)=O)cc1.[Cl-]. The first-order valence-corrected chi connectivity index (χ1v) is 6.53. The molecule has 7 N–H and O–H groups in total. The predicted octanol–water partition coefficient (Wildman–Crippen LogP) is -4.44. The van der Waals surface area contributed by atoms with Gasteiger partial charge in [-0.05, 0) is 24.3 Å². The molecule has 0 unspecified atom stereocenters. The van der Waals surface area contributed by atoms with Crippen molar-refractivity contribution in [2.24, 2.45) is 5.14 Å². The third-order valence-corrected chi connectivity index (χ3v) is 3.24. The molecule has 2 rings (SSSR count). The lowest BCUT2D eigenvalue weighted by molar-refractivity contribution is -0.00000720. The van der Waals surface area contributed by atoms with Crippen LogP contribution in [0.3, 0.4) is 0 Å². The van der Waals surface area contributed by atoms with E-state index in [-0.39, 0.29) is 34.8 Å². The molecule has 1 aromatic carbocycles. The molecule has 0 aliphatic heterocycles. The first-order chi connectivity index (χ1) is 8.79. The maximum absolute atomic E-state index is 11.1. The molecule has 0 aliphatic rings. The molecule has 0 fully saturated rings. The molecule has 11 heteroatoms. The maximum atomic E-state index is 11.1. The fourth-order valence-electron chi connectivity index (χ4n) is 1.50. The lowest BCUT2D eigenvalue weighted by Gasteiger charge is -2.09. The second kappa shape index (κ2) is 5.45. The first-order valence-electron chi connectivity index (χ1n) is 4.99. The third kappa shape index (κ3) is 3.04. The average Bonchev–Trinajstić information content (AvgIpc) is 2.27. The lowest BCUT2D eigenvalue weighted by Crippen LogP contribution is -3.00. The number of rotatable bonds is 2. The highest BCUT2D eigenvalue weighted by atomic mass is 35.5. The van der Waals surface area contributed by atoms with Gasteiger partial charge in [0.2, 0.25) is 27.5 Å². The van der Waals surface area contributed by atoms with Crippen LogP contribution in [0.5, 0.6) is 0 Å². The van der Waals surface area contributed by atoms with Crippen molar-refractivity contribution in [2.75, 3.05) is 11.5 Å². The number of aromatic nitrogens is 3. The number of nitrogens with two attached hydrogens (primary N) is 3. The number of nitrogen functional groups attached to an aromatic ring is 2. The first kappa shape index (κ1) is 15.9. The number of hydrogen-bond donors (Lipinski definition) is 4. The van der Waals surface area contributed by atoms with Crippen molar-refractivity contribution in [3.05, 3.63) is 29.9 Å². The van der Waals surface area contributed by atoms with Gasteiger partial charge in [0.15, 0.2) is 0 Å². The van der Waals surface area contributed by atoms with E-state index in [0.29, 0.717) is 5.69 Å². The summed E-state index contributed by atoms with van der Waals surface area (Å²) in [7, 11) is -3.77. The topological polar surface area (TPSA) is 167 Å². The van der Waals surface area contributed by atoms with Gasteiger partial charge in [-0.25, -0.2) is 18.1 Å². The number of primary sulfonamides is 1. The van der Waals surface area contributed by atoms with Gasteiger partial charge in [0, 0.05) is 0 Å². The highest BCUT2D eigenvalue weighted by Gasteiger charge is 2.09. The van der Waals surface area contributed by atoms with Crippen LogP contribution in [-0.4, -0.2) is 23.0 Å². The van der Waals surface area contributed by atoms with Gasteiger partial charge in [0.1, 0.15) is 0 Å². The van der Waals surface area contributed by atoms with Gasteiger partial charge in [-0.15, -0.1) is 0 Å². The van der Waals surface area contributed by atoms with Crippen LogP contribution in [0.4, 0.5) is 11.9 Å². The van der Waals surface area contributed by atoms with Crippen LogP contribution in [-0.2, 0) is 10.0 Å². The Hall–Kier alpha value is -2.17. The molecule has 1 aromatic heterocycles. The predicted molar refractivity (Wildman–Crippen MR) is 67.4 cm³/mol. The zero-order valence-corrected chi connectivity index (χ0v) is 11.6. The summed E-state index contributed by atoms with van der Waals surface area (Å²) >= 11 is 0. The van der Waals surface area contributed by atoms with E-state index in [2.05, 4.69) is 9.97 Å². The van der Waals surface area contributed by atoms with Crippen molar-refractivity contribution >= 4 is 21.9 Å². The molecular formula is C9H11ClN7O2S-. The van der Waals surface area contributed by atoms with Gasteiger partial charge in [0.05, 0.1) is 10.6 Å². The molecular weight excluding hydrogens is 306 g/mol. The lowest BCUT2D eigenvalue weighted by atomic mass is 10.3. The van der Waals surface area contributed by atoms with Gasteiger partial charge in [-0.2, -0.15) is 9.97 Å². The Morgan fingerprint density at radius 3 is 2.10 bits per heavy atom.